The van der Waals surface area contributed by atoms with Crippen molar-refractivity contribution in [1.82, 2.24) is 14.8 Å². The van der Waals surface area contributed by atoms with E-state index in [9.17, 15) is 0 Å². The molecule has 0 N–H and O–H groups in total. The van der Waals surface area contributed by atoms with E-state index >= 15 is 0 Å². The normalized spacial score (nSPS) is 8.00. The second-order valence-corrected chi connectivity index (χ2v) is 2.88. The van der Waals surface area contributed by atoms with Crippen molar-refractivity contribution in [1.29, 1.82) is 0 Å². The molecule has 0 spiro atoms. The molecule has 84 valence electrons. The predicted molar refractivity (Wildman–Crippen MR) is 67.2 cm³/mol. The summed E-state index contributed by atoms with van der Waals surface area (Å²) in [5.41, 5.74) is 1.03. The highest BCUT2D eigenvalue weighted by Crippen LogP contribution is 2.02. The van der Waals surface area contributed by atoms with Crippen molar-refractivity contribution >= 4 is 0 Å². The molecule has 1 aromatic carbocycles. The summed E-state index contributed by atoms with van der Waals surface area (Å²) in [6.45, 7) is 4.25. The second-order valence-electron chi connectivity index (χ2n) is 2.88. The monoisotopic (exact) mass is 215 g/mol. The summed E-state index contributed by atoms with van der Waals surface area (Å²) in [5, 5.41) is 3.99. The number of benzene rings is 1. The maximum atomic E-state index is 4.00. The van der Waals surface area contributed by atoms with E-state index in [1.54, 1.807) is 11.0 Å². The van der Waals surface area contributed by atoms with Gasteiger partial charge in [0, 0.05) is 0 Å². The smallest absolute Gasteiger partial charge is 0.138 e. The first-order valence-corrected chi connectivity index (χ1v) is 5.11. The van der Waals surface area contributed by atoms with Crippen molar-refractivity contribution in [3.63, 3.8) is 0 Å². The first kappa shape index (κ1) is 13.9. The number of hydrogen-bond acceptors (Lipinski definition) is 2. The van der Waals surface area contributed by atoms with Gasteiger partial charge in [-0.3, -0.25) is 0 Å². The summed E-state index contributed by atoms with van der Waals surface area (Å²) in [5.74, 6) is 0. The molecule has 0 aliphatic carbocycles. The molecule has 0 unspecified atom stereocenters. The van der Waals surface area contributed by atoms with Crippen LogP contribution in [0, 0.1) is 12.8 Å². The summed E-state index contributed by atoms with van der Waals surface area (Å²) in [6, 6.07) is 9.87. The van der Waals surface area contributed by atoms with Crippen LogP contribution in [0.3, 0.4) is 0 Å². The van der Waals surface area contributed by atoms with Gasteiger partial charge in [-0.25, -0.2) is 9.67 Å². The van der Waals surface area contributed by atoms with Crippen molar-refractivity contribution in [2.75, 3.05) is 0 Å². The van der Waals surface area contributed by atoms with E-state index in [0.29, 0.717) is 0 Å². The SMILES string of the molecule is C#C.CCC.c1ccc(-n2cncn2)cc1. The Hall–Kier alpha value is -2.08. The third-order valence-electron chi connectivity index (χ3n) is 1.44. The zero-order valence-corrected chi connectivity index (χ0v) is 9.74. The summed E-state index contributed by atoms with van der Waals surface area (Å²) in [7, 11) is 0. The topological polar surface area (TPSA) is 30.7 Å². The molecule has 0 aliphatic rings. The molecule has 0 atom stereocenters. The minimum atomic E-state index is 1.03. The Morgan fingerprint density at radius 1 is 1.12 bits per heavy atom. The fourth-order valence-corrected chi connectivity index (χ4v) is 0.922. The Bertz CT molecular complexity index is 363. The van der Waals surface area contributed by atoms with Crippen LogP contribution in [0.2, 0.25) is 0 Å². The van der Waals surface area contributed by atoms with Crippen molar-refractivity contribution in [2.45, 2.75) is 20.3 Å². The Labute approximate surface area is 97.2 Å². The zero-order valence-electron chi connectivity index (χ0n) is 9.74. The molecule has 0 amide bonds. The maximum Gasteiger partial charge on any atom is 0.138 e. The van der Waals surface area contributed by atoms with E-state index < -0.39 is 0 Å². The van der Waals surface area contributed by atoms with Gasteiger partial charge in [0.25, 0.3) is 0 Å². The number of para-hydroxylation sites is 1. The molecule has 3 heteroatoms. The van der Waals surface area contributed by atoms with Crippen molar-refractivity contribution in [3.8, 4) is 18.5 Å². The molecule has 0 bridgehead atoms. The minimum Gasteiger partial charge on any atom is -0.223 e. The van der Waals surface area contributed by atoms with E-state index in [2.05, 4.69) is 36.8 Å². The number of nitrogens with zero attached hydrogens (tertiary/aromatic N) is 3. The van der Waals surface area contributed by atoms with Crippen LogP contribution in [0.1, 0.15) is 20.3 Å². The first-order valence-electron chi connectivity index (χ1n) is 5.11. The fraction of sp³-hybridized carbons (Fsp3) is 0.231. The summed E-state index contributed by atoms with van der Waals surface area (Å²) in [6.07, 6.45) is 12.4. The molecular formula is C13H17N3. The molecule has 0 radical (unpaired) electrons. The molecule has 0 saturated heterocycles. The van der Waals surface area contributed by atoms with Gasteiger partial charge in [-0.1, -0.05) is 38.5 Å². The number of terminal acetylenes is 1. The minimum absolute atomic E-state index is 1.03. The second kappa shape index (κ2) is 9.47. The zero-order chi connectivity index (χ0) is 12.2. The van der Waals surface area contributed by atoms with Gasteiger partial charge in [-0.2, -0.15) is 5.10 Å². The average Bonchev–Trinajstić information content (AvgIpc) is 2.87. The van der Waals surface area contributed by atoms with Gasteiger partial charge in [0.15, 0.2) is 0 Å². The van der Waals surface area contributed by atoms with Gasteiger partial charge < -0.3 is 0 Å². The van der Waals surface area contributed by atoms with Crippen LogP contribution in [0.4, 0.5) is 0 Å². The Kier molecular flexibility index (Phi) is 8.24. The molecule has 2 rings (SSSR count). The van der Waals surface area contributed by atoms with E-state index in [1.807, 2.05) is 30.3 Å². The van der Waals surface area contributed by atoms with E-state index in [-0.39, 0.29) is 0 Å². The van der Waals surface area contributed by atoms with Gasteiger partial charge in [0.05, 0.1) is 5.69 Å². The molecule has 1 heterocycles. The Morgan fingerprint density at radius 2 is 1.69 bits per heavy atom. The molecule has 0 saturated carbocycles. The Morgan fingerprint density at radius 3 is 2.12 bits per heavy atom. The van der Waals surface area contributed by atoms with Crippen molar-refractivity contribution in [3.05, 3.63) is 43.0 Å². The predicted octanol–water partition coefficient (Wildman–Crippen LogP) is 2.93. The molecule has 3 nitrogen and oxygen atoms in total. The van der Waals surface area contributed by atoms with Crippen molar-refractivity contribution in [2.24, 2.45) is 0 Å². The summed E-state index contributed by atoms with van der Waals surface area (Å²) < 4.78 is 1.72. The average molecular weight is 215 g/mol. The molecule has 0 fully saturated rings. The largest absolute Gasteiger partial charge is 0.223 e. The van der Waals surface area contributed by atoms with Crippen LogP contribution in [0.25, 0.3) is 5.69 Å². The van der Waals surface area contributed by atoms with Crippen LogP contribution in [-0.2, 0) is 0 Å². The third kappa shape index (κ3) is 4.97. The van der Waals surface area contributed by atoms with Gasteiger partial charge in [0.2, 0.25) is 0 Å². The van der Waals surface area contributed by atoms with Crippen LogP contribution in [0.15, 0.2) is 43.0 Å². The molecule has 1 aromatic heterocycles. The van der Waals surface area contributed by atoms with Gasteiger partial charge in [0.1, 0.15) is 12.7 Å². The lowest BCUT2D eigenvalue weighted by atomic mass is 10.3. The maximum absolute atomic E-state index is 4.00. The number of rotatable bonds is 1. The highest BCUT2D eigenvalue weighted by atomic mass is 15.3. The van der Waals surface area contributed by atoms with E-state index in [1.165, 1.54) is 12.7 Å². The molecular weight excluding hydrogens is 198 g/mol. The van der Waals surface area contributed by atoms with Crippen LogP contribution < -0.4 is 0 Å². The van der Waals surface area contributed by atoms with E-state index in [4.69, 9.17) is 0 Å². The lowest BCUT2D eigenvalue weighted by Gasteiger charge is -1.96. The van der Waals surface area contributed by atoms with Gasteiger partial charge in [-0.05, 0) is 12.1 Å². The molecule has 2 aromatic rings. The quantitative estimate of drug-likeness (QED) is 0.685. The highest BCUT2D eigenvalue weighted by molar-refractivity contribution is 5.28. The number of aromatic nitrogens is 3. The van der Waals surface area contributed by atoms with E-state index in [0.717, 1.165) is 5.69 Å². The lowest BCUT2D eigenvalue weighted by Crippen LogP contribution is -1.92. The van der Waals surface area contributed by atoms with Crippen LogP contribution >= 0.6 is 0 Å². The third-order valence-corrected chi connectivity index (χ3v) is 1.44. The van der Waals surface area contributed by atoms with Crippen LogP contribution in [0.5, 0.6) is 0 Å². The fourth-order valence-electron chi connectivity index (χ4n) is 0.922. The number of hydrogen-bond donors (Lipinski definition) is 0. The van der Waals surface area contributed by atoms with Gasteiger partial charge in [-0.15, -0.1) is 12.8 Å². The van der Waals surface area contributed by atoms with Crippen LogP contribution in [-0.4, -0.2) is 14.8 Å². The molecule has 0 aliphatic heterocycles. The van der Waals surface area contributed by atoms with Crippen molar-refractivity contribution < 1.29 is 0 Å². The lowest BCUT2D eigenvalue weighted by molar-refractivity contribution is 0.879. The van der Waals surface area contributed by atoms with Gasteiger partial charge >= 0.3 is 0 Å². The molecule has 16 heavy (non-hydrogen) atoms. The summed E-state index contributed by atoms with van der Waals surface area (Å²) >= 11 is 0. The first-order chi connectivity index (χ1) is 7.88. The summed E-state index contributed by atoms with van der Waals surface area (Å²) in [4.78, 5) is 3.85. The standard InChI is InChI=1S/C8H7N3.C3H8.C2H2/c1-2-4-8(5-3-1)11-7-9-6-10-11;1-3-2;1-2/h1-7H;3H2,1-2H3;1-2H. The Balaban J connectivity index is 0.000000394. The highest BCUT2D eigenvalue weighted by Gasteiger charge is 1.91.